The van der Waals surface area contributed by atoms with E-state index in [-0.39, 0.29) is 0 Å². The topological polar surface area (TPSA) is 31.9 Å². The van der Waals surface area contributed by atoms with Crippen LogP contribution < -0.4 is 0 Å². The van der Waals surface area contributed by atoms with Gasteiger partial charge in [0.1, 0.15) is 5.82 Å². The van der Waals surface area contributed by atoms with Crippen molar-refractivity contribution in [1.82, 2.24) is 14.9 Å². The minimum atomic E-state index is 0.480. The molecule has 0 spiro atoms. The minimum absolute atomic E-state index is 0.480. The van der Waals surface area contributed by atoms with E-state index in [1.54, 1.807) is 0 Å². The van der Waals surface area contributed by atoms with Crippen molar-refractivity contribution in [3.05, 3.63) is 40.8 Å². The van der Waals surface area contributed by atoms with Crippen LogP contribution in [0.1, 0.15) is 24.7 Å². The molecule has 3 unspecified atom stereocenters. The Kier molecular flexibility index (Phi) is 2.57. The van der Waals surface area contributed by atoms with Crippen molar-refractivity contribution < 1.29 is 0 Å². The summed E-state index contributed by atoms with van der Waals surface area (Å²) in [5.41, 5.74) is 2.30. The van der Waals surface area contributed by atoms with Gasteiger partial charge in [-0.1, -0.05) is 28.1 Å². The molecule has 1 aliphatic carbocycles. The molecule has 1 aromatic carbocycles. The third-order valence-corrected chi connectivity index (χ3v) is 5.02. The Bertz CT molecular complexity index is 604. The molecule has 2 heterocycles. The fraction of sp³-hybridized carbons (Fsp3) is 0.400. The summed E-state index contributed by atoms with van der Waals surface area (Å²) in [6.45, 7) is 0. The summed E-state index contributed by atoms with van der Waals surface area (Å²) < 4.78 is 1.10. The summed E-state index contributed by atoms with van der Waals surface area (Å²) in [7, 11) is 2.23. The van der Waals surface area contributed by atoms with Gasteiger partial charge in [0.2, 0.25) is 0 Å². The van der Waals surface area contributed by atoms with E-state index in [1.807, 2.05) is 6.20 Å². The predicted molar refractivity (Wildman–Crippen MR) is 78.7 cm³/mol. The van der Waals surface area contributed by atoms with Crippen LogP contribution in [-0.2, 0) is 0 Å². The van der Waals surface area contributed by atoms with Crippen molar-refractivity contribution in [2.45, 2.75) is 24.9 Å². The summed E-state index contributed by atoms with van der Waals surface area (Å²) in [5, 5.41) is 0. The van der Waals surface area contributed by atoms with Crippen LogP contribution in [0.5, 0.6) is 0 Å². The number of hydrogen-bond acceptors (Lipinski definition) is 2. The second kappa shape index (κ2) is 4.18. The van der Waals surface area contributed by atoms with Gasteiger partial charge in [-0.05, 0) is 43.5 Å². The second-order valence-corrected chi connectivity index (χ2v) is 6.58. The molecule has 0 bridgehead atoms. The van der Waals surface area contributed by atoms with Crippen LogP contribution in [0, 0.1) is 5.92 Å². The van der Waals surface area contributed by atoms with Crippen LogP contribution in [0.4, 0.5) is 0 Å². The molecule has 3 atom stereocenters. The highest BCUT2D eigenvalue weighted by Crippen LogP contribution is 2.51. The summed E-state index contributed by atoms with van der Waals surface area (Å²) in [4.78, 5) is 10.6. The number of fused-ring (bicyclic) bond motifs is 1. The predicted octanol–water partition coefficient (Wildman–Crippen LogP) is 3.60. The maximum Gasteiger partial charge on any atom is 0.123 e. The van der Waals surface area contributed by atoms with Crippen molar-refractivity contribution in [3.8, 4) is 11.3 Å². The van der Waals surface area contributed by atoms with Crippen molar-refractivity contribution in [2.75, 3.05) is 7.05 Å². The summed E-state index contributed by atoms with van der Waals surface area (Å²) in [5.74, 6) is 2.03. The van der Waals surface area contributed by atoms with E-state index < -0.39 is 0 Å². The molecule has 4 rings (SSSR count). The maximum absolute atomic E-state index is 4.59. The van der Waals surface area contributed by atoms with Crippen molar-refractivity contribution in [2.24, 2.45) is 5.92 Å². The van der Waals surface area contributed by atoms with E-state index in [1.165, 1.54) is 18.4 Å². The number of hydrogen-bond donors (Lipinski definition) is 1. The number of halogens is 1. The first-order valence-corrected chi connectivity index (χ1v) is 7.54. The van der Waals surface area contributed by atoms with Crippen LogP contribution in [0.2, 0.25) is 0 Å². The smallest absolute Gasteiger partial charge is 0.123 e. The molecule has 1 N–H and O–H groups in total. The maximum atomic E-state index is 4.59. The lowest BCUT2D eigenvalue weighted by Gasteiger charge is -2.20. The summed E-state index contributed by atoms with van der Waals surface area (Å²) >= 11 is 3.46. The number of piperidine rings is 1. The lowest BCUT2D eigenvalue weighted by atomic mass is 10.1. The molecule has 4 heteroatoms. The van der Waals surface area contributed by atoms with E-state index in [0.717, 1.165) is 28.0 Å². The standard InChI is InChI=1S/C15H16BrN3/c1-19-13-6-10(13)7-14(19)15-17-8-12(18-15)9-2-4-11(16)5-3-9/h2-5,8,10,13-14H,6-7H2,1H3,(H,17,18). The van der Waals surface area contributed by atoms with E-state index >= 15 is 0 Å². The first-order chi connectivity index (χ1) is 9.22. The van der Waals surface area contributed by atoms with E-state index in [9.17, 15) is 0 Å². The first-order valence-electron chi connectivity index (χ1n) is 6.75. The van der Waals surface area contributed by atoms with Gasteiger partial charge in [-0.25, -0.2) is 4.98 Å². The fourth-order valence-electron chi connectivity index (χ4n) is 3.25. The monoisotopic (exact) mass is 317 g/mol. The van der Waals surface area contributed by atoms with Crippen molar-refractivity contribution in [3.63, 3.8) is 0 Å². The van der Waals surface area contributed by atoms with Crippen LogP contribution in [0.3, 0.4) is 0 Å². The van der Waals surface area contributed by atoms with Crippen LogP contribution >= 0.6 is 15.9 Å². The Morgan fingerprint density at radius 1 is 1.26 bits per heavy atom. The van der Waals surface area contributed by atoms with Gasteiger partial charge in [0.05, 0.1) is 17.9 Å². The molecular formula is C15H16BrN3. The molecule has 0 radical (unpaired) electrons. The third kappa shape index (κ3) is 1.94. The number of aromatic amines is 1. The van der Waals surface area contributed by atoms with Gasteiger partial charge < -0.3 is 4.98 Å². The zero-order valence-corrected chi connectivity index (χ0v) is 12.4. The van der Waals surface area contributed by atoms with Gasteiger partial charge in [-0.2, -0.15) is 0 Å². The normalized spacial score (nSPS) is 29.5. The third-order valence-electron chi connectivity index (χ3n) is 4.49. The Labute approximate surface area is 121 Å². The minimum Gasteiger partial charge on any atom is -0.341 e. The molecule has 19 heavy (non-hydrogen) atoms. The van der Waals surface area contributed by atoms with Gasteiger partial charge in [-0.3, -0.25) is 4.90 Å². The lowest BCUT2D eigenvalue weighted by Crippen LogP contribution is -2.22. The molecular weight excluding hydrogens is 302 g/mol. The SMILES string of the molecule is CN1C(c2ncc(-c3ccc(Br)cc3)[nH]2)CC2CC21. The molecule has 1 aliphatic heterocycles. The average molecular weight is 318 g/mol. The van der Waals surface area contributed by atoms with Gasteiger partial charge in [0.15, 0.2) is 0 Å². The molecule has 2 aromatic rings. The number of likely N-dealkylation sites (tertiary alicyclic amines) is 1. The van der Waals surface area contributed by atoms with Crippen LogP contribution in [0.15, 0.2) is 34.9 Å². The van der Waals surface area contributed by atoms with Crippen molar-refractivity contribution in [1.29, 1.82) is 0 Å². The van der Waals surface area contributed by atoms with Crippen LogP contribution in [0.25, 0.3) is 11.3 Å². The van der Waals surface area contributed by atoms with Gasteiger partial charge >= 0.3 is 0 Å². The van der Waals surface area contributed by atoms with E-state index in [4.69, 9.17) is 0 Å². The number of imidazole rings is 1. The van der Waals surface area contributed by atoms with Crippen LogP contribution in [-0.4, -0.2) is 28.0 Å². The fourth-order valence-corrected chi connectivity index (χ4v) is 3.52. The van der Waals surface area contributed by atoms with Gasteiger partial charge in [0, 0.05) is 10.5 Å². The highest BCUT2D eigenvalue weighted by atomic mass is 79.9. The molecule has 1 saturated heterocycles. The Balaban J connectivity index is 1.61. The zero-order chi connectivity index (χ0) is 13.0. The molecule has 98 valence electrons. The quantitative estimate of drug-likeness (QED) is 0.917. The number of nitrogens with one attached hydrogen (secondary N) is 1. The number of nitrogens with zero attached hydrogens (tertiary/aromatic N) is 2. The average Bonchev–Trinajstić information content (AvgIpc) is 2.88. The van der Waals surface area contributed by atoms with Crippen molar-refractivity contribution >= 4 is 15.9 Å². The Morgan fingerprint density at radius 3 is 2.74 bits per heavy atom. The molecule has 1 aromatic heterocycles. The van der Waals surface area contributed by atoms with E-state index in [2.05, 4.69) is 62.1 Å². The summed E-state index contributed by atoms with van der Waals surface area (Å²) in [6.07, 6.45) is 4.60. The Hall–Kier alpha value is -1.13. The summed E-state index contributed by atoms with van der Waals surface area (Å²) in [6, 6.07) is 9.63. The molecule has 0 amide bonds. The largest absolute Gasteiger partial charge is 0.341 e. The van der Waals surface area contributed by atoms with Gasteiger partial charge in [0.25, 0.3) is 0 Å². The molecule has 1 saturated carbocycles. The number of benzene rings is 1. The Morgan fingerprint density at radius 2 is 2.05 bits per heavy atom. The molecule has 2 fully saturated rings. The highest BCUT2D eigenvalue weighted by molar-refractivity contribution is 9.10. The molecule has 2 aliphatic rings. The van der Waals surface area contributed by atoms with E-state index in [0.29, 0.717) is 6.04 Å². The second-order valence-electron chi connectivity index (χ2n) is 5.67. The molecule has 3 nitrogen and oxygen atoms in total. The van der Waals surface area contributed by atoms with Gasteiger partial charge in [-0.15, -0.1) is 0 Å². The first kappa shape index (κ1) is 11.7. The highest BCUT2D eigenvalue weighted by Gasteiger charge is 2.51. The zero-order valence-electron chi connectivity index (χ0n) is 10.8. The number of H-pyrrole nitrogens is 1. The number of rotatable bonds is 2. The lowest BCUT2D eigenvalue weighted by molar-refractivity contribution is 0.264. The number of aromatic nitrogens is 2.